The minimum atomic E-state index is -0.238. The molecule has 0 saturated carbocycles. The van der Waals surface area contributed by atoms with Crippen LogP contribution in [0.3, 0.4) is 0 Å². The van der Waals surface area contributed by atoms with E-state index in [-0.39, 0.29) is 5.91 Å². The van der Waals surface area contributed by atoms with Gasteiger partial charge >= 0.3 is 0 Å². The summed E-state index contributed by atoms with van der Waals surface area (Å²) >= 11 is 3.40. The fourth-order valence-electron chi connectivity index (χ4n) is 2.24. The molecule has 116 valence electrons. The average molecular weight is 371 g/mol. The molecule has 2 aromatic carbocycles. The van der Waals surface area contributed by atoms with Crippen LogP contribution < -0.4 is 10.2 Å². The smallest absolute Gasteiger partial charge is 0.276 e. The number of nitrogens with zero attached hydrogens (tertiary/aromatic N) is 3. The number of carbonyl (C=O) groups is 1. The van der Waals surface area contributed by atoms with Crippen LogP contribution in [0.1, 0.15) is 11.1 Å². The molecule has 0 fully saturated rings. The Morgan fingerprint density at radius 3 is 2.57 bits per heavy atom. The van der Waals surface area contributed by atoms with E-state index in [9.17, 15) is 4.79 Å². The number of halogens is 1. The highest BCUT2D eigenvalue weighted by molar-refractivity contribution is 9.10. The van der Waals surface area contributed by atoms with Gasteiger partial charge in [-0.15, -0.1) is 5.10 Å². The van der Waals surface area contributed by atoms with Gasteiger partial charge in [-0.2, -0.15) is 5.10 Å². The molecule has 0 unspecified atom stereocenters. The molecule has 6 heteroatoms. The highest BCUT2D eigenvalue weighted by Crippen LogP contribution is 2.26. The van der Waals surface area contributed by atoms with Crippen LogP contribution in [0.5, 0.6) is 0 Å². The van der Waals surface area contributed by atoms with Crippen LogP contribution in [0, 0.1) is 0 Å². The van der Waals surface area contributed by atoms with E-state index in [2.05, 4.69) is 31.4 Å². The van der Waals surface area contributed by atoms with Gasteiger partial charge in [-0.1, -0.05) is 28.1 Å². The molecular formula is C17H15BrN4O. The van der Waals surface area contributed by atoms with Gasteiger partial charge in [0.15, 0.2) is 5.71 Å². The Bertz CT molecular complexity index is 810. The SMILES string of the molecule is CN(C)c1ccc(C=NN=C2C(=O)Nc3ccc(Br)cc32)cc1. The van der Waals surface area contributed by atoms with Crippen LogP contribution in [0.4, 0.5) is 11.4 Å². The molecule has 1 amide bonds. The summed E-state index contributed by atoms with van der Waals surface area (Å²) in [6.45, 7) is 0. The maximum atomic E-state index is 12.0. The summed E-state index contributed by atoms with van der Waals surface area (Å²) < 4.78 is 0.892. The number of nitrogens with one attached hydrogen (secondary N) is 1. The van der Waals surface area contributed by atoms with Crippen LogP contribution in [-0.4, -0.2) is 31.9 Å². The largest absolute Gasteiger partial charge is 0.378 e. The van der Waals surface area contributed by atoms with Gasteiger partial charge in [0, 0.05) is 29.8 Å². The predicted octanol–water partition coefficient (Wildman–Crippen LogP) is 3.29. The van der Waals surface area contributed by atoms with Gasteiger partial charge in [0.2, 0.25) is 0 Å². The van der Waals surface area contributed by atoms with Crippen LogP contribution in [0.2, 0.25) is 0 Å². The Kier molecular flexibility index (Phi) is 4.25. The number of benzene rings is 2. The molecule has 5 nitrogen and oxygen atoms in total. The van der Waals surface area contributed by atoms with E-state index in [1.54, 1.807) is 6.21 Å². The Morgan fingerprint density at radius 1 is 1.13 bits per heavy atom. The molecule has 0 aromatic heterocycles. The monoisotopic (exact) mass is 370 g/mol. The number of hydrogen-bond acceptors (Lipinski definition) is 4. The number of amides is 1. The summed E-state index contributed by atoms with van der Waals surface area (Å²) in [5.41, 5.74) is 3.87. The molecule has 0 saturated heterocycles. The third-order valence-corrected chi connectivity index (χ3v) is 3.97. The lowest BCUT2D eigenvalue weighted by molar-refractivity contribution is -0.110. The first-order valence-electron chi connectivity index (χ1n) is 7.04. The zero-order valence-electron chi connectivity index (χ0n) is 12.7. The standard InChI is InChI=1S/C17H15BrN4O/c1-22(2)13-6-3-11(4-7-13)10-19-21-16-14-9-12(18)5-8-15(14)20-17(16)23/h3-10H,1-2H3,(H,20,21,23). The van der Waals surface area contributed by atoms with Crippen LogP contribution >= 0.6 is 15.9 Å². The molecular weight excluding hydrogens is 356 g/mol. The molecule has 1 aliphatic heterocycles. The van der Waals surface area contributed by atoms with E-state index < -0.39 is 0 Å². The lowest BCUT2D eigenvalue weighted by Crippen LogP contribution is -2.13. The quantitative estimate of drug-likeness (QED) is 0.665. The summed E-state index contributed by atoms with van der Waals surface area (Å²) in [6.07, 6.45) is 1.63. The minimum absolute atomic E-state index is 0.238. The lowest BCUT2D eigenvalue weighted by atomic mass is 10.1. The van der Waals surface area contributed by atoms with E-state index in [1.807, 2.05) is 61.5 Å². The molecule has 0 radical (unpaired) electrons. The first-order valence-corrected chi connectivity index (χ1v) is 7.83. The minimum Gasteiger partial charge on any atom is -0.378 e. The molecule has 1 N–H and O–H groups in total. The van der Waals surface area contributed by atoms with Crippen molar-refractivity contribution in [3.8, 4) is 0 Å². The summed E-state index contributed by atoms with van der Waals surface area (Å²) in [4.78, 5) is 14.0. The van der Waals surface area contributed by atoms with Gasteiger partial charge in [0.05, 0.1) is 11.9 Å². The molecule has 2 aromatic rings. The van der Waals surface area contributed by atoms with Crippen molar-refractivity contribution in [2.24, 2.45) is 10.2 Å². The Hall–Kier alpha value is -2.47. The summed E-state index contributed by atoms with van der Waals surface area (Å²) in [5.74, 6) is -0.238. The highest BCUT2D eigenvalue weighted by atomic mass is 79.9. The molecule has 1 heterocycles. The van der Waals surface area contributed by atoms with E-state index in [0.29, 0.717) is 5.71 Å². The Balaban J connectivity index is 1.83. The van der Waals surface area contributed by atoms with E-state index in [0.717, 1.165) is 27.0 Å². The second kappa shape index (κ2) is 6.34. The Morgan fingerprint density at radius 2 is 1.87 bits per heavy atom. The summed E-state index contributed by atoms with van der Waals surface area (Å²) in [7, 11) is 3.98. The van der Waals surface area contributed by atoms with Crippen molar-refractivity contribution >= 4 is 45.1 Å². The number of rotatable bonds is 3. The molecule has 23 heavy (non-hydrogen) atoms. The molecule has 0 aliphatic carbocycles. The predicted molar refractivity (Wildman–Crippen MR) is 97.7 cm³/mol. The van der Waals surface area contributed by atoms with E-state index in [4.69, 9.17) is 0 Å². The van der Waals surface area contributed by atoms with Crippen molar-refractivity contribution < 1.29 is 4.79 Å². The van der Waals surface area contributed by atoms with Crippen molar-refractivity contribution in [1.29, 1.82) is 0 Å². The second-order valence-electron chi connectivity index (χ2n) is 5.32. The van der Waals surface area contributed by atoms with E-state index >= 15 is 0 Å². The second-order valence-corrected chi connectivity index (χ2v) is 6.24. The number of anilines is 2. The molecule has 0 spiro atoms. The average Bonchev–Trinajstić information content (AvgIpc) is 2.83. The number of fused-ring (bicyclic) bond motifs is 1. The molecule has 1 aliphatic rings. The van der Waals surface area contributed by atoms with E-state index in [1.165, 1.54) is 0 Å². The van der Waals surface area contributed by atoms with Gasteiger partial charge in [-0.3, -0.25) is 4.79 Å². The van der Waals surface area contributed by atoms with Gasteiger partial charge in [0.25, 0.3) is 5.91 Å². The van der Waals surface area contributed by atoms with Crippen molar-refractivity contribution in [3.05, 3.63) is 58.1 Å². The zero-order chi connectivity index (χ0) is 16.4. The first-order chi connectivity index (χ1) is 11.0. The molecule has 0 atom stereocenters. The zero-order valence-corrected chi connectivity index (χ0v) is 14.3. The maximum absolute atomic E-state index is 12.0. The lowest BCUT2D eigenvalue weighted by Gasteiger charge is -2.11. The van der Waals surface area contributed by atoms with Gasteiger partial charge in [0.1, 0.15) is 0 Å². The van der Waals surface area contributed by atoms with Crippen molar-refractivity contribution in [2.75, 3.05) is 24.3 Å². The fraction of sp³-hybridized carbons (Fsp3) is 0.118. The van der Waals surface area contributed by atoms with Crippen LogP contribution in [0.15, 0.2) is 57.1 Å². The first kappa shape index (κ1) is 15.4. The maximum Gasteiger partial charge on any atom is 0.276 e. The van der Waals surface area contributed by atoms with Crippen LogP contribution in [0.25, 0.3) is 0 Å². The Labute approximate surface area is 142 Å². The highest BCUT2D eigenvalue weighted by Gasteiger charge is 2.26. The number of carbonyl (C=O) groups excluding carboxylic acids is 1. The molecule has 3 rings (SSSR count). The third kappa shape index (κ3) is 3.32. The number of hydrogen-bond donors (Lipinski definition) is 1. The topological polar surface area (TPSA) is 57.1 Å². The van der Waals surface area contributed by atoms with Crippen molar-refractivity contribution in [3.63, 3.8) is 0 Å². The molecule has 0 bridgehead atoms. The van der Waals surface area contributed by atoms with Crippen molar-refractivity contribution in [2.45, 2.75) is 0 Å². The van der Waals surface area contributed by atoms with Crippen molar-refractivity contribution in [1.82, 2.24) is 0 Å². The van der Waals surface area contributed by atoms with Gasteiger partial charge in [-0.25, -0.2) is 0 Å². The van der Waals surface area contributed by atoms with Gasteiger partial charge in [-0.05, 0) is 35.9 Å². The third-order valence-electron chi connectivity index (χ3n) is 3.47. The summed E-state index contributed by atoms with van der Waals surface area (Å²) in [5, 5.41) is 10.9. The van der Waals surface area contributed by atoms with Crippen LogP contribution in [-0.2, 0) is 4.79 Å². The normalized spacial score (nSPS) is 15.1. The summed E-state index contributed by atoms with van der Waals surface area (Å²) in [6, 6.07) is 13.5. The fourth-order valence-corrected chi connectivity index (χ4v) is 2.60. The van der Waals surface area contributed by atoms with Gasteiger partial charge < -0.3 is 10.2 Å².